The highest BCUT2D eigenvalue weighted by Gasteiger charge is 2.21. The number of carbonyl (C=O) groups excluding carboxylic acids is 1. The molecular formula is C30H39FN4O3S. The molecule has 0 unspecified atom stereocenters. The quantitative estimate of drug-likeness (QED) is 0.242. The van der Waals surface area contributed by atoms with Gasteiger partial charge in [-0.25, -0.2) is 22.6 Å². The lowest BCUT2D eigenvalue weighted by Gasteiger charge is -2.10. The molecule has 1 aliphatic carbocycles. The summed E-state index contributed by atoms with van der Waals surface area (Å²) in [6.45, 7) is 0.791. The van der Waals surface area contributed by atoms with Crippen LogP contribution in [0.2, 0.25) is 0 Å². The Morgan fingerprint density at radius 1 is 0.923 bits per heavy atom. The Balaban J connectivity index is 1.24. The molecule has 3 aromatic rings. The van der Waals surface area contributed by atoms with E-state index in [2.05, 4.69) is 5.32 Å². The number of rotatable bonds is 14. The van der Waals surface area contributed by atoms with Crippen molar-refractivity contribution in [3.05, 3.63) is 66.1 Å². The summed E-state index contributed by atoms with van der Waals surface area (Å²) in [5.74, 6) is 0.188. The molecule has 1 fully saturated rings. The molecule has 4 rings (SSSR count). The van der Waals surface area contributed by atoms with Gasteiger partial charge in [-0.3, -0.25) is 4.79 Å². The summed E-state index contributed by atoms with van der Waals surface area (Å²) in [6.07, 6.45) is 13.1. The minimum atomic E-state index is -3.79. The van der Waals surface area contributed by atoms with Gasteiger partial charge >= 0.3 is 0 Å². The maximum absolute atomic E-state index is 13.5. The average Bonchev–Trinajstić information content (AvgIpc) is 3.61. The topological polar surface area (TPSA) is 107 Å². The van der Waals surface area contributed by atoms with Crippen molar-refractivity contribution in [2.75, 3.05) is 6.54 Å². The molecule has 39 heavy (non-hydrogen) atoms. The summed E-state index contributed by atoms with van der Waals surface area (Å²) in [6, 6.07) is 14.5. The molecule has 2 aromatic carbocycles. The third-order valence-corrected chi connectivity index (χ3v) is 8.37. The van der Waals surface area contributed by atoms with E-state index in [9.17, 15) is 17.6 Å². The highest BCUT2D eigenvalue weighted by Crippen LogP contribution is 2.26. The van der Waals surface area contributed by atoms with E-state index in [0.717, 1.165) is 74.9 Å². The van der Waals surface area contributed by atoms with E-state index in [4.69, 9.17) is 10.2 Å². The highest BCUT2D eigenvalue weighted by molar-refractivity contribution is 7.89. The van der Waals surface area contributed by atoms with Gasteiger partial charge in [-0.2, -0.15) is 5.10 Å². The van der Waals surface area contributed by atoms with Crippen LogP contribution in [0.25, 0.3) is 16.9 Å². The number of hydrogen-bond donors (Lipinski definition) is 2. The van der Waals surface area contributed by atoms with Crippen molar-refractivity contribution in [2.24, 2.45) is 11.1 Å². The van der Waals surface area contributed by atoms with Gasteiger partial charge in [0, 0.05) is 18.0 Å². The second kappa shape index (κ2) is 13.8. The number of nitrogens with zero attached hydrogens (tertiary/aromatic N) is 2. The minimum absolute atomic E-state index is 0.0378. The summed E-state index contributed by atoms with van der Waals surface area (Å²) in [4.78, 5) is 12.1. The Labute approximate surface area is 231 Å². The zero-order valence-corrected chi connectivity index (χ0v) is 23.3. The van der Waals surface area contributed by atoms with Crippen LogP contribution in [-0.2, 0) is 21.2 Å². The van der Waals surface area contributed by atoms with Crippen molar-refractivity contribution in [3.63, 3.8) is 0 Å². The Morgan fingerprint density at radius 3 is 2.18 bits per heavy atom. The first-order valence-electron chi connectivity index (χ1n) is 14.1. The molecule has 1 heterocycles. The molecular weight excluding hydrogens is 515 g/mol. The van der Waals surface area contributed by atoms with Gasteiger partial charge in [0.25, 0.3) is 0 Å². The van der Waals surface area contributed by atoms with Crippen molar-refractivity contribution < 1.29 is 17.6 Å². The van der Waals surface area contributed by atoms with Crippen LogP contribution in [0.3, 0.4) is 0 Å². The smallest absolute Gasteiger partial charge is 0.238 e. The van der Waals surface area contributed by atoms with Crippen molar-refractivity contribution in [2.45, 2.75) is 81.9 Å². The first-order chi connectivity index (χ1) is 18.8. The number of nitrogens with one attached hydrogen (secondary N) is 1. The summed E-state index contributed by atoms with van der Waals surface area (Å²) in [5.41, 5.74) is 3.27. The molecule has 1 amide bonds. The first-order valence-corrected chi connectivity index (χ1v) is 15.6. The molecule has 1 aliphatic rings. The predicted molar refractivity (Wildman–Crippen MR) is 151 cm³/mol. The Morgan fingerprint density at radius 2 is 1.54 bits per heavy atom. The zero-order chi connectivity index (χ0) is 27.7. The molecule has 7 nitrogen and oxygen atoms in total. The molecule has 1 saturated carbocycles. The summed E-state index contributed by atoms with van der Waals surface area (Å²) < 4.78 is 38.6. The molecule has 0 spiro atoms. The third-order valence-electron chi connectivity index (χ3n) is 7.44. The Bertz CT molecular complexity index is 1320. The molecule has 0 bridgehead atoms. The van der Waals surface area contributed by atoms with Gasteiger partial charge in [-0.1, -0.05) is 44.9 Å². The minimum Gasteiger partial charge on any atom is -0.356 e. The summed E-state index contributed by atoms with van der Waals surface area (Å²) in [7, 11) is -3.79. The number of nitrogens with two attached hydrogens (primary N) is 1. The van der Waals surface area contributed by atoms with Crippen LogP contribution < -0.4 is 10.5 Å². The van der Waals surface area contributed by atoms with E-state index in [1.807, 2.05) is 6.07 Å². The number of hydrogen-bond acceptors (Lipinski definition) is 4. The lowest BCUT2D eigenvalue weighted by Crippen LogP contribution is -2.30. The number of aromatic nitrogens is 2. The van der Waals surface area contributed by atoms with E-state index in [-0.39, 0.29) is 22.5 Å². The van der Waals surface area contributed by atoms with E-state index >= 15 is 0 Å². The second-order valence-corrected chi connectivity index (χ2v) is 12.0. The molecule has 1 aromatic heterocycles. The van der Waals surface area contributed by atoms with E-state index in [1.54, 1.807) is 28.9 Å². The standard InChI is InChI=1S/C30H39FN4O3S/c31-25-15-13-23(14-16-25)29-22-26(34-35(29)27-17-19-28(20-18-27)39(32,37)38)12-6-4-2-1-3-5-9-21-33-30(36)24-10-7-8-11-24/h13-20,22,24H,1-12,21H2,(H,33,36)(H2,32,37,38). The van der Waals surface area contributed by atoms with E-state index in [0.29, 0.717) is 5.69 Å². The van der Waals surface area contributed by atoms with Crippen LogP contribution >= 0.6 is 0 Å². The lowest BCUT2D eigenvalue weighted by atomic mass is 10.1. The van der Waals surface area contributed by atoms with Crippen molar-refractivity contribution in [3.8, 4) is 16.9 Å². The Kier molecular flexibility index (Phi) is 10.3. The maximum atomic E-state index is 13.5. The number of sulfonamides is 1. The highest BCUT2D eigenvalue weighted by atomic mass is 32.2. The lowest BCUT2D eigenvalue weighted by molar-refractivity contribution is -0.124. The second-order valence-electron chi connectivity index (χ2n) is 10.5. The van der Waals surface area contributed by atoms with Gasteiger partial charge in [-0.15, -0.1) is 0 Å². The van der Waals surface area contributed by atoms with Gasteiger partial charge in [0.1, 0.15) is 5.82 Å². The monoisotopic (exact) mass is 554 g/mol. The molecule has 3 N–H and O–H groups in total. The van der Waals surface area contributed by atoms with Crippen LogP contribution in [0.1, 0.15) is 76.3 Å². The fraction of sp³-hybridized carbons (Fsp3) is 0.467. The van der Waals surface area contributed by atoms with Crippen molar-refractivity contribution in [1.29, 1.82) is 0 Å². The predicted octanol–water partition coefficient (Wildman–Crippen LogP) is 5.91. The van der Waals surface area contributed by atoms with Gasteiger partial charge in [0.2, 0.25) is 15.9 Å². The third kappa shape index (κ3) is 8.47. The van der Waals surface area contributed by atoms with E-state index in [1.165, 1.54) is 49.9 Å². The molecule has 0 radical (unpaired) electrons. The molecule has 9 heteroatoms. The van der Waals surface area contributed by atoms with Gasteiger partial charge in [0.15, 0.2) is 0 Å². The van der Waals surface area contributed by atoms with Gasteiger partial charge in [0.05, 0.1) is 22.0 Å². The number of unbranched alkanes of at least 4 members (excludes halogenated alkanes) is 6. The zero-order valence-electron chi connectivity index (χ0n) is 22.4. The number of primary sulfonamides is 1. The molecule has 0 aliphatic heterocycles. The summed E-state index contributed by atoms with van der Waals surface area (Å²) in [5, 5.41) is 13.1. The molecule has 0 atom stereocenters. The molecule has 210 valence electrons. The number of benzene rings is 2. The maximum Gasteiger partial charge on any atom is 0.238 e. The number of aryl methyl sites for hydroxylation is 1. The van der Waals surface area contributed by atoms with Crippen LogP contribution in [-0.4, -0.2) is 30.7 Å². The van der Waals surface area contributed by atoms with Crippen LogP contribution in [0.4, 0.5) is 4.39 Å². The SMILES string of the molecule is NS(=O)(=O)c1ccc(-n2nc(CCCCCCCCCNC(=O)C3CCCC3)cc2-c2ccc(F)cc2)cc1. The number of halogens is 1. The van der Waals surface area contributed by atoms with Crippen molar-refractivity contribution >= 4 is 15.9 Å². The molecule has 0 saturated heterocycles. The van der Waals surface area contributed by atoms with E-state index < -0.39 is 10.0 Å². The van der Waals surface area contributed by atoms with Crippen LogP contribution in [0.15, 0.2) is 59.5 Å². The van der Waals surface area contributed by atoms with Gasteiger partial charge in [-0.05, 0) is 86.7 Å². The van der Waals surface area contributed by atoms with Crippen molar-refractivity contribution in [1.82, 2.24) is 15.1 Å². The summed E-state index contributed by atoms with van der Waals surface area (Å²) >= 11 is 0. The number of amides is 1. The Hall–Kier alpha value is -3.04. The fourth-order valence-corrected chi connectivity index (χ4v) is 5.73. The largest absolute Gasteiger partial charge is 0.356 e. The fourth-order valence-electron chi connectivity index (χ4n) is 5.21. The average molecular weight is 555 g/mol. The number of carbonyl (C=O) groups is 1. The van der Waals surface area contributed by atoms with Gasteiger partial charge < -0.3 is 5.32 Å². The van der Waals surface area contributed by atoms with Crippen LogP contribution in [0.5, 0.6) is 0 Å². The first kappa shape index (κ1) is 29.0. The van der Waals surface area contributed by atoms with Crippen LogP contribution in [0, 0.1) is 11.7 Å². The normalized spacial score (nSPS) is 14.1.